The van der Waals surface area contributed by atoms with Gasteiger partial charge >= 0.3 is 11.8 Å². The zero-order chi connectivity index (χ0) is 20.0. The van der Waals surface area contributed by atoms with Gasteiger partial charge in [0.05, 0.1) is 12.1 Å². The minimum Gasteiger partial charge on any atom is -0.384 e. The predicted molar refractivity (Wildman–Crippen MR) is 77.4 cm³/mol. The Balaban J connectivity index is 1.50. The van der Waals surface area contributed by atoms with Crippen molar-refractivity contribution in [2.75, 3.05) is 6.54 Å². The van der Waals surface area contributed by atoms with E-state index in [0.717, 1.165) is 0 Å². The van der Waals surface area contributed by atoms with Crippen molar-refractivity contribution < 1.29 is 41.0 Å². The Kier molecular flexibility index (Phi) is 3.55. The lowest BCUT2D eigenvalue weighted by atomic mass is 9.39. The molecule has 11 heteroatoms. The van der Waals surface area contributed by atoms with Gasteiger partial charge in [-0.05, 0) is 25.7 Å². The summed E-state index contributed by atoms with van der Waals surface area (Å²) in [5.74, 6) is -9.91. The van der Waals surface area contributed by atoms with Gasteiger partial charge in [-0.25, -0.2) is 26.3 Å². The molecule has 1 spiro atoms. The maximum Gasteiger partial charge on any atom is 0.312 e. The van der Waals surface area contributed by atoms with Gasteiger partial charge in [-0.15, -0.1) is 0 Å². The van der Waals surface area contributed by atoms with Crippen LogP contribution in [0.5, 0.6) is 0 Å². The van der Waals surface area contributed by atoms with E-state index in [4.69, 9.17) is 0 Å². The lowest BCUT2D eigenvalue weighted by Gasteiger charge is -2.69. The molecule has 1 heterocycles. The zero-order valence-electron chi connectivity index (χ0n) is 14.1. The average molecular weight is 400 g/mol. The van der Waals surface area contributed by atoms with Gasteiger partial charge in [0.2, 0.25) is 6.43 Å². The molecule has 27 heavy (non-hydrogen) atoms. The number of nitrogens with one attached hydrogen (secondary N) is 1. The van der Waals surface area contributed by atoms with E-state index < -0.39 is 78.5 Å². The molecule has 2 N–H and O–H groups in total. The lowest BCUT2D eigenvalue weighted by Crippen LogP contribution is -2.77. The van der Waals surface area contributed by atoms with Gasteiger partial charge < -0.3 is 15.3 Å². The summed E-state index contributed by atoms with van der Waals surface area (Å²) < 4.78 is 81.1. The highest BCUT2D eigenvalue weighted by molar-refractivity contribution is 6.35. The number of aliphatic hydroxyl groups excluding tert-OH is 1. The molecule has 5 fully saturated rings. The number of aliphatic hydroxyl groups is 1. The minimum atomic E-state index is -3.83. The predicted octanol–water partition coefficient (Wildman–Crippen LogP) is 1.69. The van der Waals surface area contributed by atoms with Crippen LogP contribution in [0, 0.1) is 5.41 Å². The van der Waals surface area contributed by atoms with Crippen LogP contribution in [0.1, 0.15) is 38.5 Å². The van der Waals surface area contributed by atoms with E-state index in [0.29, 0.717) is 4.90 Å². The van der Waals surface area contributed by atoms with Gasteiger partial charge in [-0.3, -0.25) is 9.59 Å². The molecule has 5 aliphatic rings. The minimum absolute atomic E-state index is 0.0152. The summed E-state index contributed by atoms with van der Waals surface area (Å²) in [4.78, 5) is 25.1. The van der Waals surface area contributed by atoms with Gasteiger partial charge in [0.1, 0.15) is 6.10 Å². The van der Waals surface area contributed by atoms with Gasteiger partial charge in [0, 0.05) is 23.8 Å². The van der Waals surface area contributed by atoms with Crippen molar-refractivity contribution in [3.05, 3.63) is 0 Å². The van der Waals surface area contributed by atoms with Crippen molar-refractivity contribution in [3.63, 3.8) is 0 Å². The Hall–Kier alpha value is -1.52. The highest BCUT2D eigenvalue weighted by Crippen LogP contribution is 2.69. The summed E-state index contributed by atoms with van der Waals surface area (Å²) >= 11 is 0. The monoisotopic (exact) mass is 400 g/mol. The zero-order valence-corrected chi connectivity index (χ0v) is 14.1. The molecule has 5 nitrogen and oxygen atoms in total. The van der Waals surface area contributed by atoms with Crippen LogP contribution in [0.15, 0.2) is 0 Å². The highest BCUT2D eigenvalue weighted by Gasteiger charge is 2.74. The number of amides is 2. The van der Waals surface area contributed by atoms with E-state index >= 15 is 0 Å². The summed E-state index contributed by atoms with van der Waals surface area (Å²) in [5, 5.41) is 12.2. The van der Waals surface area contributed by atoms with Crippen molar-refractivity contribution in [2.45, 2.75) is 74.0 Å². The first kappa shape index (κ1) is 18.8. The standard InChI is InChI=1S/C16H18F6N2O3/c17-11(18)12-3-13(4-12,5-12)23-8(25)9(26)24-7-16(21,22)10(27)14(24)1-2-15(19,20)6-14/h10-11,27H,1-7H2,(H,23,25)/t10-,12?,13?,14+/m1/s1. The maximum absolute atomic E-state index is 14.0. The second-order valence-electron chi connectivity index (χ2n) is 8.62. The normalized spacial score (nSPS) is 43.6. The number of carbonyl (C=O) groups excluding carboxylic acids is 2. The number of rotatable bonds is 2. The Labute approximate surface area is 150 Å². The molecule has 0 aromatic heterocycles. The number of hydrogen-bond donors (Lipinski definition) is 2. The first-order valence-corrected chi connectivity index (χ1v) is 8.63. The molecule has 4 aliphatic carbocycles. The number of halogens is 6. The van der Waals surface area contributed by atoms with Crippen molar-refractivity contribution in [3.8, 4) is 0 Å². The molecule has 5 rings (SSSR count). The second-order valence-corrected chi connectivity index (χ2v) is 8.62. The van der Waals surface area contributed by atoms with Crippen LogP contribution in [0.2, 0.25) is 0 Å². The number of nitrogens with zero attached hydrogens (tertiary/aromatic N) is 1. The fourth-order valence-electron chi connectivity index (χ4n) is 5.40. The van der Waals surface area contributed by atoms with E-state index in [2.05, 4.69) is 5.32 Å². The van der Waals surface area contributed by atoms with Crippen molar-refractivity contribution in [1.29, 1.82) is 0 Å². The van der Waals surface area contributed by atoms with E-state index in [9.17, 15) is 41.0 Å². The fraction of sp³-hybridized carbons (Fsp3) is 0.875. The Morgan fingerprint density at radius 3 is 2.11 bits per heavy atom. The van der Waals surface area contributed by atoms with E-state index in [1.54, 1.807) is 0 Å². The molecule has 2 bridgehead atoms. The molecule has 4 saturated carbocycles. The lowest BCUT2D eigenvalue weighted by molar-refractivity contribution is -0.228. The van der Waals surface area contributed by atoms with Gasteiger partial charge in [0.15, 0.2) is 0 Å². The van der Waals surface area contributed by atoms with Gasteiger partial charge in [-0.1, -0.05) is 0 Å². The molecule has 2 amide bonds. The van der Waals surface area contributed by atoms with Crippen LogP contribution < -0.4 is 5.32 Å². The summed E-state index contributed by atoms with van der Waals surface area (Å²) in [6.07, 6.45) is -7.61. The fourth-order valence-corrected chi connectivity index (χ4v) is 5.40. The largest absolute Gasteiger partial charge is 0.384 e. The third kappa shape index (κ3) is 2.42. The smallest absolute Gasteiger partial charge is 0.312 e. The molecule has 0 aromatic rings. The molecule has 0 radical (unpaired) electrons. The van der Waals surface area contributed by atoms with Crippen LogP contribution in [-0.2, 0) is 9.59 Å². The Bertz CT molecular complexity index is 694. The second kappa shape index (κ2) is 5.09. The molecule has 2 atom stereocenters. The van der Waals surface area contributed by atoms with Crippen LogP contribution in [-0.4, -0.2) is 63.8 Å². The van der Waals surface area contributed by atoms with Crippen LogP contribution in [0.25, 0.3) is 0 Å². The van der Waals surface area contributed by atoms with Crippen LogP contribution in [0.4, 0.5) is 26.3 Å². The third-order valence-corrected chi connectivity index (χ3v) is 6.66. The Morgan fingerprint density at radius 1 is 1.04 bits per heavy atom. The van der Waals surface area contributed by atoms with Crippen molar-refractivity contribution in [2.24, 2.45) is 5.41 Å². The number of hydrogen-bond acceptors (Lipinski definition) is 3. The van der Waals surface area contributed by atoms with Crippen molar-refractivity contribution in [1.82, 2.24) is 10.2 Å². The van der Waals surface area contributed by atoms with Crippen molar-refractivity contribution >= 4 is 11.8 Å². The summed E-state index contributed by atoms with van der Waals surface area (Å²) in [6, 6.07) is 0. The summed E-state index contributed by atoms with van der Waals surface area (Å²) in [6.45, 7) is -1.34. The SMILES string of the molecule is O=C(NC12CC(C(F)F)(C1)C2)C(=O)N1CC(F)(F)[C@H](O)[C@@]12CCC(F)(F)C2. The molecule has 1 saturated heterocycles. The molecule has 152 valence electrons. The Morgan fingerprint density at radius 2 is 1.63 bits per heavy atom. The first-order valence-electron chi connectivity index (χ1n) is 8.63. The molecular weight excluding hydrogens is 382 g/mol. The highest BCUT2D eigenvalue weighted by atomic mass is 19.3. The van der Waals surface area contributed by atoms with Gasteiger partial charge in [-0.2, -0.15) is 0 Å². The molecule has 0 aromatic carbocycles. The number of carbonyl (C=O) groups is 2. The molecule has 1 aliphatic heterocycles. The molecule has 0 unspecified atom stereocenters. The van der Waals surface area contributed by atoms with E-state index in [1.165, 1.54) is 0 Å². The quantitative estimate of drug-likeness (QED) is 0.548. The average Bonchev–Trinajstić information content (AvgIpc) is 2.89. The molecular formula is C16H18F6N2O3. The third-order valence-electron chi connectivity index (χ3n) is 6.66. The summed E-state index contributed by atoms with van der Waals surface area (Å²) in [7, 11) is 0. The first-order chi connectivity index (χ1) is 12.3. The van der Waals surface area contributed by atoms with E-state index in [-0.39, 0.29) is 19.3 Å². The number of alkyl halides is 6. The summed E-state index contributed by atoms with van der Waals surface area (Å²) in [5.41, 5.74) is -4.34. The van der Waals surface area contributed by atoms with Crippen LogP contribution >= 0.6 is 0 Å². The maximum atomic E-state index is 14.0. The number of likely N-dealkylation sites (tertiary alicyclic amines) is 1. The topological polar surface area (TPSA) is 69.6 Å². The van der Waals surface area contributed by atoms with Gasteiger partial charge in [0.25, 0.3) is 11.8 Å². The van der Waals surface area contributed by atoms with E-state index in [1.807, 2.05) is 0 Å². The van der Waals surface area contributed by atoms with Crippen LogP contribution in [0.3, 0.4) is 0 Å².